The molecule has 1 amide bonds. The number of ether oxygens (including phenoxy) is 1. The van der Waals surface area contributed by atoms with Crippen LogP contribution in [-0.4, -0.2) is 50.6 Å². The Bertz CT molecular complexity index is 1230. The van der Waals surface area contributed by atoms with Crippen LogP contribution in [0.25, 0.3) is 0 Å². The Morgan fingerprint density at radius 3 is 2.67 bits per heavy atom. The standard InChI is InChI=1S/C25H31FN4O6/c1-16-14-30(22-12-20(32)21(15-31)36-22)25(35)29(24(16)34)10-6-4-2-3-5-9-28-23(33)17-7-8-19(26)18(11-17)13-27/h7-8,11,14,20-22,31-32H,2-6,9-10,12,15H2,1H3,(H,28,33)/t20-,21+,22+/m0/s1. The largest absolute Gasteiger partial charge is 0.394 e. The fourth-order valence-corrected chi connectivity index (χ4v) is 4.19. The van der Waals surface area contributed by atoms with E-state index in [1.54, 1.807) is 13.0 Å². The van der Waals surface area contributed by atoms with Crippen molar-refractivity contribution in [1.29, 1.82) is 5.26 Å². The smallest absolute Gasteiger partial charge is 0.333 e. The summed E-state index contributed by atoms with van der Waals surface area (Å²) in [5.41, 5.74) is -0.434. The number of hydrogen-bond donors (Lipinski definition) is 3. The first kappa shape index (κ1) is 27.3. The molecule has 3 atom stereocenters. The van der Waals surface area contributed by atoms with Crippen LogP contribution in [0, 0.1) is 24.1 Å². The van der Waals surface area contributed by atoms with Gasteiger partial charge in [0.25, 0.3) is 11.5 Å². The second-order valence-corrected chi connectivity index (χ2v) is 8.90. The monoisotopic (exact) mass is 502 g/mol. The molecule has 3 rings (SSSR count). The average molecular weight is 503 g/mol. The number of nitriles is 1. The van der Waals surface area contributed by atoms with Crippen molar-refractivity contribution >= 4 is 5.91 Å². The summed E-state index contributed by atoms with van der Waals surface area (Å²) in [7, 11) is 0. The molecule has 1 aromatic carbocycles. The normalized spacial score (nSPS) is 19.2. The number of benzene rings is 1. The van der Waals surface area contributed by atoms with Gasteiger partial charge in [0.1, 0.15) is 24.2 Å². The van der Waals surface area contributed by atoms with Crippen molar-refractivity contribution in [3.8, 4) is 6.07 Å². The number of aliphatic hydroxyl groups is 2. The molecular weight excluding hydrogens is 471 g/mol. The average Bonchev–Trinajstić information content (AvgIpc) is 3.25. The number of rotatable bonds is 11. The van der Waals surface area contributed by atoms with Crippen molar-refractivity contribution < 1.29 is 24.1 Å². The van der Waals surface area contributed by atoms with Crippen LogP contribution in [0.1, 0.15) is 66.2 Å². The quantitative estimate of drug-likeness (QED) is 0.393. The van der Waals surface area contributed by atoms with Crippen LogP contribution < -0.4 is 16.6 Å². The molecule has 0 unspecified atom stereocenters. The first-order valence-corrected chi connectivity index (χ1v) is 12.0. The molecule has 1 saturated heterocycles. The minimum Gasteiger partial charge on any atom is -0.394 e. The molecule has 0 spiro atoms. The topological polar surface area (TPSA) is 147 Å². The van der Waals surface area contributed by atoms with Crippen LogP contribution in [0.2, 0.25) is 0 Å². The van der Waals surface area contributed by atoms with Gasteiger partial charge in [-0.2, -0.15) is 5.26 Å². The van der Waals surface area contributed by atoms with E-state index in [9.17, 15) is 29.0 Å². The third-order valence-corrected chi connectivity index (χ3v) is 6.25. The maximum atomic E-state index is 13.4. The summed E-state index contributed by atoms with van der Waals surface area (Å²) in [5.74, 6) is -1.03. The zero-order chi connectivity index (χ0) is 26.2. The van der Waals surface area contributed by atoms with Crippen LogP contribution in [0.3, 0.4) is 0 Å². The molecule has 1 aromatic heterocycles. The van der Waals surface area contributed by atoms with Gasteiger partial charge in [0.15, 0.2) is 0 Å². The fourth-order valence-electron chi connectivity index (χ4n) is 4.19. The first-order valence-electron chi connectivity index (χ1n) is 12.0. The molecule has 10 nitrogen and oxygen atoms in total. The van der Waals surface area contributed by atoms with Gasteiger partial charge in [0.2, 0.25) is 0 Å². The van der Waals surface area contributed by atoms with E-state index in [4.69, 9.17) is 10.00 Å². The fraction of sp³-hybridized carbons (Fsp3) is 0.520. The van der Waals surface area contributed by atoms with E-state index in [0.717, 1.165) is 31.7 Å². The predicted octanol–water partition coefficient (Wildman–Crippen LogP) is 1.35. The van der Waals surface area contributed by atoms with E-state index in [1.807, 2.05) is 0 Å². The minimum absolute atomic E-state index is 0.153. The number of hydrogen-bond acceptors (Lipinski definition) is 7. The van der Waals surface area contributed by atoms with Crippen LogP contribution in [-0.2, 0) is 11.3 Å². The number of halogens is 1. The lowest BCUT2D eigenvalue weighted by Crippen LogP contribution is -2.42. The van der Waals surface area contributed by atoms with E-state index in [0.29, 0.717) is 18.5 Å². The molecule has 194 valence electrons. The number of aliphatic hydroxyl groups excluding tert-OH is 2. The SMILES string of the molecule is Cc1cn([C@H]2C[C@H](O)[C@@H](CO)O2)c(=O)n(CCCCCCCNC(=O)c2ccc(F)c(C#N)c2)c1=O. The Morgan fingerprint density at radius 2 is 1.97 bits per heavy atom. The van der Waals surface area contributed by atoms with Gasteiger partial charge in [-0.3, -0.25) is 18.7 Å². The number of amides is 1. The molecule has 2 heterocycles. The Kier molecular flexibility index (Phi) is 9.52. The van der Waals surface area contributed by atoms with Gasteiger partial charge in [0.05, 0.1) is 18.3 Å². The highest BCUT2D eigenvalue weighted by Gasteiger charge is 2.35. The molecule has 1 aliphatic heterocycles. The number of nitrogens with one attached hydrogen (secondary N) is 1. The molecule has 3 N–H and O–H groups in total. The molecular formula is C25H31FN4O6. The van der Waals surface area contributed by atoms with Gasteiger partial charge >= 0.3 is 5.69 Å². The van der Waals surface area contributed by atoms with E-state index in [-0.39, 0.29) is 42.2 Å². The highest BCUT2D eigenvalue weighted by atomic mass is 19.1. The van der Waals surface area contributed by atoms with Crippen LogP contribution >= 0.6 is 0 Å². The summed E-state index contributed by atoms with van der Waals surface area (Å²) in [6.07, 6.45) is 2.98. The van der Waals surface area contributed by atoms with Gasteiger partial charge in [-0.05, 0) is 38.0 Å². The lowest BCUT2D eigenvalue weighted by atomic mass is 10.1. The van der Waals surface area contributed by atoms with Crippen LogP contribution in [0.4, 0.5) is 4.39 Å². The van der Waals surface area contributed by atoms with Gasteiger partial charge in [-0.1, -0.05) is 19.3 Å². The van der Waals surface area contributed by atoms with Gasteiger partial charge in [-0.15, -0.1) is 0 Å². The molecule has 1 aliphatic rings. The summed E-state index contributed by atoms with van der Waals surface area (Å²) in [6, 6.07) is 5.36. The number of nitrogens with zero attached hydrogens (tertiary/aromatic N) is 3. The molecule has 0 saturated carbocycles. The van der Waals surface area contributed by atoms with Crippen molar-refractivity contribution in [3.05, 3.63) is 67.7 Å². The van der Waals surface area contributed by atoms with Gasteiger partial charge in [-0.25, -0.2) is 9.18 Å². The molecule has 1 fully saturated rings. The summed E-state index contributed by atoms with van der Waals surface area (Å²) in [4.78, 5) is 37.6. The van der Waals surface area contributed by atoms with Crippen molar-refractivity contribution in [2.45, 2.75) is 70.4 Å². The second-order valence-electron chi connectivity index (χ2n) is 8.90. The van der Waals surface area contributed by atoms with Crippen molar-refractivity contribution in [3.63, 3.8) is 0 Å². The molecule has 11 heteroatoms. The maximum Gasteiger partial charge on any atom is 0.333 e. The Morgan fingerprint density at radius 1 is 1.25 bits per heavy atom. The predicted molar refractivity (Wildman–Crippen MR) is 128 cm³/mol. The van der Waals surface area contributed by atoms with Crippen LogP contribution in [0.5, 0.6) is 0 Å². The van der Waals surface area contributed by atoms with E-state index in [1.165, 1.54) is 27.5 Å². The number of carbonyl (C=O) groups excluding carboxylic acids is 1. The minimum atomic E-state index is -0.886. The van der Waals surface area contributed by atoms with E-state index < -0.39 is 29.9 Å². The Labute approximate surface area is 207 Å². The molecule has 2 aromatic rings. The number of aryl methyl sites for hydroxylation is 1. The summed E-state index contributed by atoms with van der Waals surface area (Å²) < 4.78 is 21.4. The molecule has 0 bridgehead atoms. The molecule has 0 radical (unpaired) electrons. The first-order chi connectivity index (χ1) is 17.3. The number of aromatic nitrogens is 2. The van der Waals surface area contributed by atoms with E-state index in [2.05, 4.69) is 5.32 Å². The molecule has 36 heavy (non-hydrogen) atoms. The zero-order valence-electron chi connectivity index (χ0n) is 20.2. The number of carbonyl (C=O) groups is 1. The van der Waals surface area contributed by atoms with Crippen LogP contribution in [0.15, 0.2) is 34.0 Å². The second kappa shape index (κ2) is 12.6. The van der Waals surface area contributed by atoms with Crippen molar-refractivity contribution in [2.24, 2.45) is 0 Å². The maximum absolute atomic E-state index is 13.4. The summed E-state index contributed by atoms with van der Waals surface area (Å²) in [6.45, 7) is 1.94. The zero-order valence-corrected chi connectivity index (χ0v) is 20.2. The highest BCUT2D eigenvalue weighted by Crippen LogP contribution is 2.27. The van der Waals surface area contributed by atoms with Crippen molar-refractivity contribution in [2.75, 3.05) is 13.2 Å². The Balaban J connectivity index is 1.43. The summed E-state index contributed by atoms with van der Waals surface area (Å²) >= 11 is 0. The Hall–Kier alpha value is -3.33. The van der Waals surface area contributed by atoms with Crippen molar-refractivity contribution in [1.82, 2.24) is 14.5 Å². The molecule has 0 aliphatic carbocycles. The van der Waals surface area contributed by atoms with Gasteiger partial charge in [0, 0.05) is 36.8 Å². The third kappa shape index (κ3) is 6.46. The van der Waals surface area contributed by atoms with E-state index >= 15 is 0 Å². The third-order valence-electron chi connectivity index (χ3n) is 6.25. The lowest BCUT2D eigenvalue weighted by molar-refractivity contribution is -0.0464. The highest BCUT2D eigenvalue weighted by molar-refractivity contribution is 5.94. The summed E-state index contributed by atoms with van der Waals surface area (Å²) in [5, 5.41) is 30.9. The number of unbranched alkanes of at least 4 members (excludes halogenated alkanes) is 4. The van der Waals surface area contributed by atoms with Gasteiger partial charge < -0.3 is 20.3 Å². The lowest BCUT2D eigenvalue weighted by Gasteiger charge is -2.17.